The summed E-state index contributed by atoms with van der Waals surface area (Å²) in [5.74, 6) is -5.23. The van der Waals surface area contributed by atoms with Gasteiger partial charge in [0.05, 0.1) is 18.5 Å². The highest BCUT2D eigenvalue weighted by Crippen LogP contribution is 2.61. The third-order valence-corrected chi connectivity index (χ3v) is 8.23. The molecule has 1 aliphatic heterocycles. The average Bonchev–Trinajstić information content (AvgIpc) is 3.37. The molecule has 1 fully saturated rings. The topological polar surface area (TPSA) is 135 Å². The van der Waals surface area contributed by atoms with E-state index in [0.717, 1.165) is 23.4 Å². The molecular formula is C30H29F3N6O4. The molecular weight excluding hydrogens is 565 g/mol. The lowest BCUT2D eigenvalue weighted by Gasteiger charge is -2.38. The summed E-state index contributed by atoms with van der Waals surface area (Å²) in [5.41, 5.74) is 1.90. The fraction of sp³-hybridized carbons (Fsp3) is 0.367. The normalized spacial score (nSPS) is 17.3. The summed E-state index contributed by atoms with van der Waals surface area (Å²) >= 11 is 0. The first-order chi connectivity index (χ1) is 20.5. The highest BCUT2D eigenvalue weighted by Gasteiger charge is 2.58. The Labute approximate surface area is 244 Å². The van der Waals surface area contributed by atoms with Crippen LogP contribution in [-0.2, 0) is 4.79 Å². The quantitative estimate of drug-likeness (QED) is 0.264. The van der Waals surface area contributed by atoms with Gasteiger partial charge in [-0.1, -0.05) is 19.0 Å². The Morgan fingerprint density at radius 2 is 1.86 bits per heavy atom. The fourth-order valence-corrected chi connectivity index (χ4v) is 5.92. The van der Waals surface area contributed by atoms with E-state index in [0.29, 0.717) is 24.5 Å². The van der Waals surface area contributed by atoms with E-state index in [-0.39, 0.29) is 46.6 Å². The lowest BCUT2D eigenvalue weighted by Crippen LogP contribution is -2.52. The summed E-state index contributed by atoms with van der Waals surface area (Å²) < 4.78 is 55.1. The molecule has 1 unspecified atom stereocenters. The highest BCUT2D eigenvalue weighted by molar-refractivity contribution is 6.01. The number of aromatic nitrogens is 4. The van der Waals surface area contributed by atoms with Crippen LogP contribution in [0.4, 0.5) is 18.9 Å². The van der Waals surface area contributed by atoms with E-state index in [9.17, 15) is 18.4 Å². The van der Waals surface area contributed by atoms with Gasteiger partial charge < -0.3 is 20.4 Å². The van der Waals surface area contributed by atoms with Crippen molar-refractivity contribution < 1.29 is 32.1 Å². The van der Waals surface area contributed by atoms with Crippen molar-refractivity contribution in [3.05, 3.63) is 76.3 Å². The molecule has 0 radical (unpaired) electrons. The van der Waals surface area contributed by atoms with E-state index < -0.39 is 46.6 Å². The number of fused-ring (bicyclic) bond motifs is 1. The number of nitrogens with zero attached hydrogens (tertiary/aromatic N) is 3. The second-order valence-corrected chi connectivity index (χ2v) is 11.6. The molecule has 0 bridgehead atoms. The number of nitrogens with one attached hydrogen (secondary N) is 3. The zero-order chi connectivity index (χ0) is 30.6. The van der Waals surface area contributed by atoms with Gasteiger partial charge in [-0.25, -0.2) is 17.8 Å². The molecule has 224 valence electrons. The lowest BCUT2D eigenvalue weighted by molar-refractivity contribution is -0.119. The predicted octanol–water partition coefficient (Wildman–Crippen LogP) is 5.31. The van der Waals surface area contributed by atoms with Crippen LogP contribution in [0.25, 0.3) is 11.3 Å². The van der Waals surface area contributed by atoms with E-state index in [1.807, 2.05) is 6.92 Å². The molecule has 1 aliphatic carbocycles. The van der Waals surface area contributed by atoms with Crippen LogP contribution < -0.4 is 15.4 Å². The monoisotopic (exact) mass is 594 g/mol. The molecule has 2 amide bonds. The van der Waals surface area contributed by atoms with E-state index >= 15 is 4.39 Å². The van der Waals surface area contributed by atoms with Crippen molar-refractivity contribution in [2.45, 2.75) is 58.4 Å². The van der Waals surface area contributed by atoms with Crippen molar-refractivity contribution in [1.82, 2.24) is 25.6 Å². The molecule has 4 heterocycles. The number of rotatable bonds is 7. The first-order valence-corrected chi connectivity index (χ1v) is 13.9. The number of amides is 2. The predicted molar refractivity (Wildman–Crippen MR) is 148 cm³/mol. The number of halogens is 3. The van der Waals surface area contributed by atoms with Crippen LogP contribution in [0.15, 0.2) is 35.2 Å². The summed E-state index contributed by atoms with van der Waals surface area (Å²) in [6.45, 7) is 7.27. The number of ether oxygens (including phenoxy) is 1. The molecule has 4 aromatic rings. The Morgan fingerprint density at radius 1 is 1.09 bits per heavy atom. The van der Waals surface area contributed by atoms with Crippen molar-refractivity contribution in [1.29, 1.82) is 0 Å². The zero-order valence-electron chi connectivity index (χ0n) is 23.8. The van der Waals surface area contributed by atoms with Gasteiger partial charge in [0.1, 0.15) is 23.2 Å². The number of pyridine rings is 1. The molecule has 1 aromatic carbocycles. The number of aromatic amines is 1. The van der Waals surface area contributed by atoms with E-state index in [1.54, 1.807) is 27.0 Å². The summed E-state index contributed by atoms with van der Waals surface area (Å²) in [5, 5.41) is 12.9. The van der Waals surface area contributed by atoms with Crippen LogP contribution in [0, 0.1) is 36.7 Å². The zero-order valence-corrected chi connectivity index (χ0v) is 23.8. The summed E-state index contributed by atoms with van der Waals surface area (Å²) in [6.07, 6.45) is 4.24. The molecule has 0 saturated heterocycles. The van der Waals surface area contributed by atoms with E-state index in [2.05, 4.69) is 30.9 Å². The minimum Gasteiger partial charge on any atom is -0.490 e. The van der Waals surface area contributed by atoms with Gasteiger partial charge in [-0.05, 0) is 43.5 Å². The van der Waals surface area contributed by atoms with Crippen LogP contribution >= 0.6 is 0 Å². The minimum atomic E-state index is -1.37. The highest BCUT2D eigenvalue weighted by atomic mass is 19.1. The maximum atomic E-state index is 15.3. The number of hydrogen-bond donors (Lipinski definition) is 3. The first kappa shape index (κ1) is 28.4. The Bertz CT molecular complexity index is 1730. The number of aryl methyl sites for hydroxylation is 2. The van der Waals surface area contributed by atoms with Crippen LogP contribution in [-0.4, -0.2) is 44.7 Å². The number of carbonyl (C=O) groups excluding carboxylic acids is 2. The SMILES string of the molecule is Cc1c[nH]c(C)c1-c1ncc(NC(=O)[C@@H](NC(=O)c2nonc2C(C)C)C2c3cc(F)cc(F)c3OCC23CC3)cc1F. The lowest BCUT2D eigenvalue weighted by atomic mass is 9.75. The van der Waals surface area contributed by atoms with Gasteiger partial charge in [-0.3, -0.25) is 14.6 Å². The molecule has 10 nitrogen and oxygen atoms in total. The molecule has 1 spiro atoms. The molecule has 3 aromatic heterocycles. The van der Waals surface area contributed by atoms with Gasteiger partial charge in [0.2, 0.25) is 5.91 Å². The Balaban J connectivity index is 1.38. The van der Waals surface area contributed by atoms with Gasteiger partial charge in [-0.2, -0.15) is 0 Å². The number of hydrogen-bond acceptors (Lipinski definition) is 7. The summed E-state index contributed by atoms with van der Waals surface area (Å²) in [7, 11) is 0. The number of benzene rings is 1. The Morgan fingerprint density at radius 3 is 2.51 bits per heavy atom. The van der Waals surface area contributed by atoms with Gasteiger partial charge in [0.25, 0.3) is 5.91 Å². The molecule has 1 saturated carbocycles. The second-order valence-electron chi connectivity index (χ2n) is 11.6. The molecule has 2 atom stereocenters. The van der Waals surface area contributed by atoms with Gasteiger partial charge in [0.15, 0.2) is 23.1 Å². The summed E-state index contributed by atoms with van der Waals surface area (Å²) in [4.78, 5) is 34.8. The van der Waals surface area contributed by atoms with E-state index in [1.165, 1.54) is 6.20 Å². The largest absolute Gasteiger partial charge is 0.490 e. The maximum Gasteiger partial charge on any atom is 0.276 e. The third-order valence-electron chi connectivity index (χ3n) is 8.23. The van der Waals surface area contributed by atoms with Crippen molar-refractivity contribution in [3.63, 3.8) is 0 Å². The number of carbonyl (C=O) groups is 2. The van der Waals surface area contributed by atoms with Crippen LogP contribution in [0.5, 0.6) is 5.75 Å². The second kappa shape index (κ2) is 10.5. The maximum absolute atomic E-state index is 15.3. The minimum absolute atomic E-state index is 0.0323. The van der Waals surface area contributed by atoms with Gasteiger partial charge in [0, 0.05) is 52.4 Å². The Hall–Kier alpha value is -4.68. The van der Waals surface area contributed by atoms with Crippen LogP contribution in [0.3, 0.4) is 0 Å². The van der Waals surface area contributed by atoms with Gasteiger partial charge >= 0.3 is 0 Å². The average molecular weight is 595 g/mol. The standard InChI is InChI=1S/C30H29F3N6O4/c1-13(2)23-26(39-43-38-23)29(41)37-25(22-18-7-16(31)8-20(33)27(18)42-12-30(22)5-6-30)28(40)36-17-9-19(32)24(35-11-17)21-14(3)10-34-15(21)4/h7-11,13,22,25,34H,5-6,12H2,1-4H3,(H,36,40)(H,37,41)/t22?,25-/m0/s1. The molecule has 2 aliphatic rings. The molecule has 43 heavy (non-hydrogen) atoms. The van der Waals surface area contributed by atoms with Crippen molar-refractivity contribution in [2.75, 3.05) is 11.9 Å². The van der Waals surface area contributed by atoms with E-state index in [4.69, 9.17) is 9.37 Å². The van der Waals surface area contributed by atoms with Crippen LogP contribution in [0.2, 0.25) is 0 Å². The first-order valence-electron chi connectivity index (χ1n) is 13.9. The summed E-state index contributed by atoms with van der Waals surface area (Å²) in [6, 6.07) is 1.58. The van der Waals surface area contributed by atoms with Crippen molar-refractivity contribution in [3.8, 4) is 17.0 Å². The van der Waals surface area contributed by atoms with Crippen LogP contribution in [0.1, 0.15) is 71.5 Å². The molecule has 3 N–H and O–H groups in total. The smallest absolute Gasteiger partial charge is 0.276 e. The third kappa shape index (κ3) is 5.02. The Kier molecular flexibility index (Phi) is 6.98. The van der Waals surface area contributed by atoms with Crippen molar-refractivity contribution >= 4 is 17.5 Å². The van der Waals surface area contributed by atoms with Crippen molar-refractivity contribution in [2.24, 2.45) is 5.41 Å². The van der Waals surface area contributed by atoms with Gasteiger partial charge in [-0.15, -0.1) is 0 Å². The fourth-order valence-electron chi connectivity index (χ4n) is 5.92. The number of anilines is 1. The molecule has 13 heteroatoms. The molecule has 6 rings (SSSR count). The number of H-pyrrole nitrogens is 1.